The van der Waals surface area contributed by atoms with E-state index in [0.29, 0.717) is 12.1 Å². The van der Waals surface area contributed by atoms with Crippen LogP contribution < -0.4 is 15.0 Å². The Morgan fingerprint density at radius 3 is 2.42 bits per heavy atom. The van der Waals surface area contributed by atoms with Crippen LogP contribution in [-0.2, 0) is 0 Å². The van der Waals surface area contributed by atoms with E-state index < -0.39 is 0 Å². The van der Waals surface area contributed by atoms with Gasteiger partial charge in [0.2, 0.25) is 5.95 Å². The van der Waals surface area contributed by atoms with Crippen LogP contribution in [0, 0.1) is 11.8 Å². The topological polar surface area (TPSA) is 56.8 Å². The van der Waals surface area contributed by atoms with Crippen LogP contribution in [0.2, 0.25) is 0 Å². The minimum absolute atomic E-state index is 0.409. The standard InChI is InChI=1S/C29H44N6O/c1-22(2)34-18-13-24(14-19-34)30-28-25-21-27(36-5)23(12-8-11-15-33(3)4)20-26(25)31-29(32-28)35-16-9-6-7-10-17-35/h20-22,24H,6-7,9-11,13-19H2,1-5H3,(H,30,31,32). The van der Waals surface area contributed by atoms with Crippen LogP contribution in [0.5, 0.6) is 5.75 Å². The van der Waals surface area contributed by atoms with Crippen LogP contribution in [0.1, 0.15) is 64.4 Å². The smallest absolute Gasteiger partial charge is 0.227 e. The molecule has 0 spiro atoms. The summed E-state index contributed by atoms with van der Waals surface area (Å²) in [6, 6.07) is 5.17. The number of piperidine rings is 1. The number of nitrogens with zero attached hydrogens (tertiary/aromatic N) is 5. The lowest BCUT2D eigenvalue weighted by Crippen LogP contribution is -2.42. The maximum Gasteiger partial charge on any atom is 0.227 e. The Kier molecular flexibility index (Phi) is 9.28. The van der Waals surface area contributed by atoms with Crippen molar-refractivity contribution in [3.63, 3.8) is 0 Å². The molecule has 0 saturated carbocycles. The van der Waals surface area contributed by atoms with Crippen molar-refractivity contribution in [2.45, 2.75) is 70.9 Å². The highest BCUT2D eigenvalue weighted by Gasteiger charge is 2.23. The van der Waals surface area contributed by atoms with Crippen molar-refractivity contribution in [1.82, 2.24) is 19.8 Å². The molecule has 0 amide bonds. The monoisotopic (exact) mass is 492 g/mol. The van der Waals surface area contributed by atoms with Gasteiger partial charge in [-0.25, -0.2) is 4.98 Å². The van der Waals surface area contributed by atoms with Gasteiger partial charge in [0.05, 0.1) is 18.2 Å². The van der Waals surface area contributed by atoms with E-state index in [1.165, 1.54) is 25.7 Å². The van der Waals surface area contributed by atoms with Gasteiger partial charge in [0.25, 0.3) is 0 Å². The van der Waals surface area contributed by atoms with Crippen molar-refractivity contribution in [3.05, 3.63) is 17.7 Å². The number of ether oxygens (including phenoxy) is 1. The van der Waals surface area contributed by atoms with E-state index in [0.717, 1.165) is 86.0 Å². The molecule has 0 unspecified atom stereocenters. The molecule has 1 aromatic carbocycles. The summed E-state index contributed by atoms with van der Waals surface area (Å²) in [5.74, 6) is 9.18. The van der Waals surface area contributed by atoms with E-state index >= 15 is 0 Å². The Morgan fingerprint density at radius 2 is 1.78 bits per heavy atom. The predicted octanol–water partition coefficient (Wildman–Crippen LogP) is 4.61. The Balaban J connectivity index is 1.68. The molecule has 196 valence electrons. The molecule has 2 aliphatic heterocycles. The molecule has 4 rings (SSSR count). The fourth-order valence-corrected chi connectivity index (χ4v) is 5.12. The normalized spacial score (nSPS) is 17.8. The van der Waals surface area contributed by atoms with E-state index in [4.69, 9.17) is 14.7 Å². The first kappa shape index (κ1) is 26.5. The van der Waals surface area contributed by atoms with Gasteiger partial charge in [-0.1, -0.05) is 24.7 Å². The molecular formula is C29H44N6O. The highest BCUT2D eigenvalue weighted by atomic mass is 16.5. The van der Waals surface area contributed by atoms with E-state index in [1.807, 2.05) is 0 Å². The average molecular weight is 493 g/mol. The molecule has 3 heterocycles. The fourth-order valence-electron chi connectivity index (χ4n) is 5.12. The lowest BCUT2D eigenvalue weighted by atomic mass is 10.0. The SMILES string of the molecule is COc1cc2c(NC3CCN(C(C)C)CC3)nc(N3CCCCCC3)nc2cc1C#CCCN(C)C. The van der Waals surface area contributed by atoms with Crippen LogP contribution >= 0.6 is 0 Å². The van der Waals surface area contributed by atoms with Crippen LogP contribution in [-0.4, -0.2) is 85.8 Å². The van der Waals surface area contributed by atoms with Gasteiger partial charge in [-0.05, 0) is 65.8 Å². The molecule has 7 nitrogen and oxygen atoms in total. The Hall–Kier alpha value is -2.56. The number of likely N-dealkylation sites (tertiary alicyclic amines) is 1. The summed E-state index contributed by atoms with van der Waals surface area (Å²) in [4.78, 5) is 17.2. The lowest BCUT2D eigenvalue weighted by molar-refractivity contribution is 0.177. The van der Waals surface area contributed by atoms with Gasteiger partial charge in [0.1, 0.15) is 11.6 Å². The average Bonchev–Trinajstić information content (AvgIpc) is 3.16. The summed E-state index contributed by atoms with van der Waals surface area (Å²) in [5.41, 5.74) is 1.82. The molecule has 0 aliphatic carbocycles. The fraction of sp³-hybridized carbons (Fsp3) is 0.655. The molecule has 0 radical (unpaired) electrons. The van der Waals surface area contributed by atoms with Gasteiger partial charge < -0.3 is 24.8 Å². The summed E-state index contributed by atoms with van der Waals surface area (Å²) < 4.78 is 5.77. The quantitative estimate of drug-likeness (QED) is 0.567. The van der Waals surface area contributed by atoms with Crippen LogP contribution in [0.3, 0.4) is 0 Å². The van der Waals surface area contributed by atoms with Crippen molar-refractivity contribution >= 4 is 22.7 Å². The first-order valence-corrected chi connectivity index (χ1v) is 13.7. The highest BCUT2D eigenvalue weighted by molar-refractivity contribution is 5.92. The van der Waals surface area contributed by atoms with Crippen molar-refractivity contribution < 1.29 is 4.74 Å². The third-order valence-corrected chi connectivity index (χ3v) is 7.40. The minimum atomic E-state index is 0.409. The first-order valence-electron chi connectivity index (χ1n) is 13.7. The highest BCUT2D eigenvalue weighted by Crippen LogP contribution is 2.32. The van der Waals surface area contributed by atoms with E-state index in [9.17, 15) is 0 Å². The zero-order valence-corrected chi connectivity index (χ0v) is 22.9. The summed E-state index contributed by atoms with van der Waals surface area (Å²) in [6.45, 7) is 9.78. The van der Waals surface area contributed by atoms with Crippen LogP contribution in [0.25, 0.3) is 10.9 Å². The van der Waals surface area contributed by atoms with Gasteiger partial charge in [0.15, 0.2) is 0 Å². The molecule has 2 fully saturated rings. The lowest BCUT2D eigenvalue weighted by Gasteiger charge is -2.35. The van der Waals surface area contributed by atoms with E-state index in [2.05, 4.69) is 71.9 Å². The Morgan fingerprint density at radius 1 is 1.06 bits per heavy atom. The molecule has 2 saturated heterocycles. The summed E-state index contributed by atoms with van der Waals surface area (Å²) >= 11 is 0. The van der Waals surface area contributed by atoms with Crippen LogP contribution in [0.15, 0.2) is 12.1 Å². The van der Waals surface area contributed by atoms with Crippen molar-refractivity contribution in [3.8, 4) is 17.6 Å². The molecule has 36 heavy (non-hydrogen) atoms. The van der Waals surface area contributed by atoms with Gasteiger partial charge in [-0.2, -0.15) is 4.98 Å². The maximum atomic E-state index is 5.77. The predicted molar refractivity (Wildman–Crippen MR) is 150 cm³/mol. The Bertz CT molecular complexity index is 1060. The number of fused-ring (bicyclic) bond motifs is 1. The van der Waals surface area contributed by atoms with Gasteiger partial charge >= 0.3 is 0 Å². The zero-order chi connectivity index (χ0) is 25.5. The minimum Gasteiger partial charge on any atom is -0.495 e. The number of anilines is 2. The van der Waals surface area contributed by atoms with Gasteiger partial charge in [0, 0.05) is 56.6 Å². The van der Waals surface area contributed by atoms with Crippen LogP contribution in [0.4, 0.5) is 11.8 Å². The molecule has 0 atom stereocenters. The van der Waals surface area contributed by atoms with E-state index in [1.54, 1.807) is 7.11 Å². The maximum absolute atomic E-state index is 5.77. The number of methoxy groups -OCH3 is 1. The largest absolute Gasteiger partial charge is 0.495 e. The van der Waals surface area contributed by atoms with Gasteiger partial charge in [-0.15, -0.1) is 0 Å². The number of aromatic nitrogens is 2. The molecule has 1 aromatic heterocycles. The molecule has 2 aliphatic rings. The second kappa shape index (κ2) is 12.6. The second-order valence-electron chi connectivity index (χ2n) is 10.7. The second-order valence-corrected chi connectivity index (χ2v) is 10.7. The van der Waals surface area contributed by atoms with Crippen molar-refractivity contribution in [1.29, 1.82) is 0 Å². The molecular weight excluding hydrogens is 448 g/mol. The summed E-state index contributed by atoms with van der Waals surface area (Å²) in [6.07, 6.45) is 8.02. The molecule has 7 heteroatoms. The summed E-state index contributed by atoms with van der Waals surface area (Å²) in [5, 5.41) is 4.82. The molecule has 2 aromatic rings. The third kappa shape index (κ3) is 6.80. The number of rotatable bonds is 7. The number of nitrogens with one attached hydrogen (secondary N) is 1. The Labute approximate surface area is 217 Å². The first-order chi connectivity index (χ1) is 17.4. The van der Waals surface area contributed by atoms with Gasteiger partial charge in [-0.3, -0.25) is 0 Å². The van der Waals surface area contributed by atoms with E-state index in [-0.39, 0.29) is 0 Å². The zero-order valence-electron chi connectivity index (χ0n) is 22.9. The molecule has 0 bridgehead atoms. The number of hydrogen-bond acceptors (Lipinski definition) is 7. The third-order valence-electron chi connectivity index (χ3n) is 7.40. The number of benzene rings is 1. The van der Waals surface area contributed by atoms with Crippen molar-refractivity contribution in [2.75, 3.05) is 64.1 Å². The number of hydrogen-bond donors (Lipinski definition) is 1. The molecule has 1 N–H and O–H groups in total. The van der Waals surface area contributed by atoms with Crippen molar-refractivity contribution in [2.24, 2.45) is 0 Å². The summed E-state index contributed by atoms with van der Waals surface area (Å²) in [7, 11) is 5.86.